The lowest BCUT2D eigenvalue weighted by atomic mass is 10.1. The Kier molecular flexibility index (Phi) is 7.74. The second-order valence-electron chi connectivity index (χ2n) is 9.23. The van der Waals surface area contributed by atoms with E-state index in [0.717, 1.165) is 0 Å². The summed E-state index contributed by atoms with van der Waals surface area (Å²) in [6.45, 7) is 16.3. The van der Waals surface area contributed by atoms with Crippen molar-refractivity contribution in [3.8, 4) is 0 Å². The molecule has 1 heterocycles. The Hall–Kier alpha value is -1.73. The summed E-state index contributed by atoms with van der Waals surface area (Å²) in [7, 11) is -2.12. The minimum Gasteiger partial charge on any atom is -0.444 e. The van der Waals surface area contributed by atoms with Gasteiger partial charge in [-0.3, -0.25) is 9.78 Å². The third kappa shape index (κ3) is 8.22. The highest BCUT2D eigenvalue weighted by atomic mass is 28.4. The first kappa shape index (κ1) is 23.3. The van der Waals surface area contributed by atoms with E-state index in [1.165, 1.54) is 0 Å². The summed E-state index contributed by atoms with van der Waals surface area (Å²) in [6, 6.07) is 5.24. The van der Waals surface area contributed by atoms with Gasteiger partial charge in [0.15, 0.2) is 14.1 Å². The Balaban J connectivity index is 2.86. The second-order valence-corrected chi connectivity index (χ2v) is 14.0. The van der Waals surface area contributed by atoms with Crippen molar-refractivity contribution >= 4 is 20.2 Å². The van der Waals surface area contributed by atoms with Gasteiger partial charge in [0.1, 0.15) is 11.3 Å². The largest absolute Gasteiger partial charge is 0.444 e. The molecule has 0 aliphatic heterocycles. The number of alkyl carbamates (subject to hydrolysis) is 1. The Bertz CT molecular complexity index is 634. The van der Waals surface area contributed by atoms with Crippen LogP contribution in [0.5, 0.6) is 0 Å². The van der Waals surface area contributed by atoms with Gasteiger partial charge in [-0.2, -0.15) is 0 Å². The first-order chi connectivity index (χ1) is 12.2. The van der Waals surface area contributed by atoms with Crippen LogP contribution in [0.1, 0.15) is 58.5 Å². The molecule has 0 radical (unpaired) electrons. The van der Waals surface area contributed by atoms with Crippen LogP contribution in [0.4, 0.5) is 4.79 Å². The van der Waals surface area contributed by atoms with E-state index in [-0.39, 0.29) is 23.8 Å². The highest BCUT2D eigenvalue weighted by Gasteiger charge is 2.39. The molecular weight excluding hydrogens is 360 g/mol. The molecule has 0 aliphatic carbocycles. The molecule has 0 fully saturated rings. The van der Waals surface area contributed by atoms with Gasteiger partial charge in [-0.15, -0.1) is 0 Å². The summed E-state index contributed by atoms with van der Waals surface area (Å²) < 4.78 is 11.7. The fraction of sp³-hybridized carbons (Fsp3) is 0.650. The molecule has 0 aromatic carbocycles. The zero-order valence-corrected chi connectivity index (χ0v) is 18.9. The molecular formula is C20H34N2O4Si. The van der Waals surface area contributed by atoms with Gasteiger partial charge in [0.2, 0.25) is 0 Å². The first-order valence-electron chi connectivity index (χ1n) is 9.30. The highest BCUT2D eigenvalue weighted by molar-refractivity contribution is 6.74. The molecule has 1 rings (SSSR count). The van der Waals surface area contributed by atoms with Crippen molar-refractivity contribution in [3.63, 3.8) is 0 Å². The topological polar surface area (TPSA) is 77.5 Å². The molecule has 0 saturated heterocycles. The van der Waals surface area contributed by atoms with Crippen LogP contribution in [0, 0.1) is 0 Å². The van der Waals surface area contributed by atoms with Gasteiger partial charge in [0, 0.05) is 19.2 Å². The fourth-order valence-corrected chi connectivity index (χ4v) is 3.45. The lowest BCUT2D eigenvalue weighted by Crippen LogP contribution is -2.48. The number of aromatic nitrogens is 1. The van der Waals surface area contributed by atoms with Crippen molar-refractivity contribution in [3.05, 3.63) is 30.1 Å². The van der Waals surface area contributed by atoms with Gasteiger partial charge < -0.3 is 14.5 Å². The van der Waals surface area contributed by atoms with Crippen molar-refractivity contribution in [1.29, 1.82) is 0 Å². The fourth-order valence-electron chi connectivity index (χ4n) is 2.10. The van der Waals surface area contributed by atoms with Gasteiger partial charge in [0.05, 0.1) is 6.10 Å². The van der Waals surface area contributed by atoms with Crippen LogP contribution >= 0.6 is 0 Å². The lowest BCUT2D eigenvalue weighted by Gasteiger charge is -2.39. The number of nitrogens with zero attached hydrogens (tertiary/aromatic N) is 1. The van der Waals surface area contributed by atoms with Crippen LogP contribution < -0.4 is 5.32 Å². The average Bonchev–Trinajstić information content (AvgIpc) is 2.50. The van der Waals surface area contributed by atoms with Crippen LogP contribution in [0.3, 0.4) is 0 Å². The molecule has 1 aromatic heterocycles. The number of rotatable bonds is 7. The van der Waals surface area contributed by atoms with E-state index in [1.54, 1.807) is 45.2 Å². The second kappa shape index (κ2) is 8.97. The van der Waals surface area contributed by atoms with Crippen LogP contribution in [0.25, 0.3) is 0 Å². The maximum atomic E-state index is 12.6. The molecule has 1 atom stereocenters. The minimum absolute atomic E-state index is 0.00872. The molecule has 0 aliphatic rings. The van der Waals surface area contributed by atoms with Gasteiger partial charge >= 0.3 is 6.09 Å². The third-order valence-electron chi connectivity index (χ3n) is 4.50. The van der Waals surface area contributed by atoms with E-state index in [0.29, 0.717) is 5.69 Å². The van der Waals surface area contributed by atoms with Crippen LogP contribution in [0.2, 0.25) is 18.1 Å². The summed E-state index contributed by atoms with van der Waals surface area (Å²) in [5.41, 5.74) is -0.178. The van der Waals surface area contributed by atoms with Crippen LogP contribution in [-0.2, 0) is 9.16 Å². The predicted octanol–water partition coefficient (Wildman–Crippen LogP) is 4.57. The SMILES string of the molecule is CC(C)(C)OC(=O)NC[C@@H](CC(=O)c1ccccn1)O[Si](C)(C)C(C)(C)C. The van der Waals surface area contributed by atoms with Crippen LogP contribution in [-0.4, -0.2) is 43.4 Å². The molecule has 7 heteroatoms. The van der Waals surface area contributed by atoms with E-state index in [4.69, 9.17) is 9.16 Å². The number of ketones is 1. The van der Waals surface area contributed by atoms with Gasteiger partial charge in [0.25, 0.3) is 0 Å². The number of Topliss-reactive ketones (excluding diaryl/α,β-unsaturated/α-hetero) is 1. The zero-order chi connectivity index (χ0) is 20.9. The van der Waals surface area contributed by atoms with Crippen molar-refractivity contribution in [2.45, 2.75) is 77.8 Å². The van der Waals surface area contributed by atoms with Crippen molar-refractivity contribution < 1.29 is 18.8 Å². The molecule has 27 heavy (non-hydrogen) atoms. The number of hydrogen-bond acceptors (Lipinski definition) is 5. The summed E-state index contributed by atoms with van der Waals surface area (Å²) in [5, 5.41) is 2.72. The molecule has 1 N–H and O–H groups in total. The van der Waals surface area contributed by atoms with E-state index >= 15 is 0 Å². The van der Waals surface area contributed by atoms with E-state index < -0.39 is 26.1 Å². The molecule has 152 valence electrons. The summed E-state index contributed by atoms with van der Waals surface area (Å²) in [6.07, 6.45) is 0.791. The summed E-state index contributed by atoms with van der Waals surface area (Å²) in [4.78, 5) is 28.7. The number of amides is 1. The number of hydrogen-bond donors (Lipinski definition) is 1. The zero-order valence-electron chi connectivity index (χ0n) is 17.9. The molecule has 1 aromatic rings. The number of nitrogens with one attached hydrogen (secondary N) is 1. The Labute approximate surface area is 164 Å². The van der Waals surface area contributed by atoms with E-state index in [2.05, 4.69) is 44.2 Å². The number of pyridine rings is 1. The maximum absolute atomic E-state index is 12.6. The normalized spacial score (nSPS) is 13.8. The minimum atomic E-state index is -2.12. The number of ether oxygens (including phenoxy) is 1. The van der Waals surface area contributed by atoms with Gasteiger partial charge in [-0.25, -0.2) is 4.79 Å². The monoisotopic (exact) mass is 394 g/mol. The summed E-state index contributed by atoms with van der Waals surface area (Å²) in [5.74, 6) is -0.106. The molecule has 1 amide bonds. The Morgan fingerprint density at radius 3 is 2.26 bits per heavy atom. The molecule has 0 bridgehead atoms. The standard InChI is InChI=1S/C20H34N2O4Si/c1-19(2,3)25-18(24)22-14-15(26-27(7,8)20(4,5)6)13-17(23)16-11-9-10-12-21-16/h9-12,15H,13-14H2,1-8H3,(H,22,24)/t15-/m1/s1. The molecule has 0 unspecified atom stereocenters. The van der Waals surface area contributed by atoms with Gasteiger partial charge in [-0.1, -0.05) is 26.8 Å². The Morgan fingerprint density at radius 2 is 1.78 bits per heavy atom. The van der Waals surface area contributed by atoms with Crippen molar-refractivity contribution in [2.75, 3.05) is 6.54 Å². The van der Waals surface area contributed by atoms with E-state index in [9.17, 15) is 9.59 Å². The summed E-state index contributed by atoms with van der Waals surface area (Å²) >= 11 is 0. The number of carbonyl (C=O) groups excluding carboxylic acids is 2. The average molecular weight is 395 g/mol. The Morgan fingerprint density at radius 1 is 1.15 bits per heavy atom. The smallest absolute Gasteiger partial charge is 0.407 e. The molecule has 0 spiro atoms. The quantitative estimate of drug-likeness (QED) is 0.541. The van der Waals surface area contributed by atoms with Crippen LogP contribution in [0.15, 0.2) is 24.4 Å². The predicted molar refractivity (Wildman–Crippen MR) is 109 cm³/mol. The molecule has 0 saturated carbocycles. The highest BCUT2D eigenvalue weighted by Crippen LogP contribution is 2.37. The van der Waals surface area contributed by atoms with Crippen molar-refractivity contribution in [1.82, 2.24) is 10.3 Å². The number of carbonyl (C=O) groups is 2. The third-order valence-corrected chi connectivity index (χ3v) is 9.04. The molecule has 6 nitrogen and oxygen atoms in total. The van der Waals surface area contributed by atoms with Crippen molar-refractivity contribution in [2.24, 2.45) is 0 Å². The first-order valence-corrected chi connectivity index (χ1v) is 12.2. The van der Waals surface area contributed by atoms with Gasteiger partial charge in [-0.05, 0) is 51.0 Å². The van der Waals surface area contributed by atoms with E-state index in [1.807, 2.05) is 0 Å². The lowest BCUT2D eigenvalue weighted by molar-refractivity contribution is 0.0488. The maximum Gasteiger partial charge on any atom is 0.407 e.